The van der Waals surface area contributed by atoms with Crippen LogP contribution in [0.2, 0.25) is 0 Å². The van der Waals surface area contributed by atoms with Crippen molar-refractivity contribution in [2.24, 2.45) is 23.7 Å². The van der Waals surface area contributed by atoms with Crippen LogP contribution in [0.5, 0.6) is 0 Å². The van der Waals surface area contributed by atoms with Crippen molar-refractivity contribution in [3.05, 3.63) is 23.4 Å². The van der Waals surface area contributed by atoms with Crippen molar-refractivity contribution in [1.82, 2.24) is 30.9 Å². The fourth-order valence-electron chi connectivity index (χ4n) is 8.00. The van der Waals surface area contributed by atoms with E-state index in [2.05, 4.69) is 30.9 Å². The smallest absolute Gasteiger partial charge is 0.307 e. The van der Waals surface area contributed by atoms with Crippen molar-refractivity contribution < 1.29 is 38.1 Å². The van der Waals surface area contributed by atoms with Gasteiger partial charge in [-0.1, -0.05) is 100 Å². The number of esters is 1. The summed E-state index contributed by atoms with van der Waals surface area (Å²) in [6.45, 7) is 6.11. The van der Waals surface area contributed by atoms with Gasteiger partial charge in [0.15, 0.2) is 11.6 Å². The minimum Gasteiger partial charge on any atom is -0.481 e. The van der Waals surface area contributed by atoms with Gasteiger partial charge in [0.25, 0.3) is 0 Å². The number of carbonyl (C=O) groups excluding carboxylic acids is 3. The second-order valence-corrected chi connectivity index (χ2v) is 17.7. The highest BCUT2D eigenvalue weighted by atomic mass is 16.6. The number of carbonyl (C=O) groups is 4. The Balaban J connectivity index is 0.000000216. The molecular formula is C42H66N6O8. The Morgan fingerprint density at radius 2 is 1.11 bits per heavy atom. The van der Waals surface area contributed by atoms with Gasteiger partial charge in [-0.15, -0.1) is 0 Å². The average Bonchev–Trinajstić information content (AvgIpc) is 4.10. The van der Waals surface area contributed by atoms with E-state index >= 15 is 0 Å². The van der Waals surface area contributed by atoms with Gasteiger partial charge in [-0.3, -0.25) is 19.2 Å². The van der Waals surface area contributed by atoms with Crippen LogP contribution < -0.4 is 10.6 Å². The number of hydrogen-bond donors (Lipinski definition) is 3. The molecule has 2 aromatic heterocycles. The third-order valence-electron chi connectivity index (χ3n) is 11.4. The monoisotopic (exact) mass is 782 g/mol. The van der Waals surface area contributed by atoms with Crippen molar-refractivity contribution in [1.29, 1.82) is 0 Å². The van der Waals surface area contributed by atoms with Gasteiger partial charge in [0, 0.05) is 23.7 Å². The molecule has 14 nitrogen and oxygen atoms in total. The molecule has 14 heteroatoms. The predicted octanol–water partition coefficient (Wildman–Crippen LogP) is 8.07. The molecule has 4 aliphatic carbocycles. The van der Waals surface area contributed by atoms with Crippen molar-refractivity contribution in [2.75, 3.05) is 0 Å². The maximum absolute atomic E-state index is 12.4. The average molecular weight is 783 g/mol. The predicted molar refractivity (Wildman–Crippen MR) is 207 cm³/mol. The molecule has 2 aromatic rings. The molecule has 0 saturated heterocycles. The molecular weight excluding hydrogens is 716 g/mol. The highest BCUT2D eigenvalue weighted by Crippen LogP contribution is 2.34. The third-order valence-corrected chi connectivity index (χ3v) is 11.4. The van der Waals surface area contributed by atoms with E-state index in [-0.39, 0.29) is 67.4 Å². The molecule has 2 amide bonds. The molecule has 0 radical (unpaired) electrons. The summed E-state index contributed by atoms with van der Waals surface area (Å²) in [4.78, 5) is 56.0. The summed E-state index contributed by atoms with van der Waals surface area (Å²) in [5.74, 6) is 2.19. The maximum atomic E-state index is 12.4. The zero-order valence-electron chi connectivity index (χ0n) is 34.0. The summed E-state index contributed by atoms with van der Waals surface area (Å²) >= 11 is 0. The van der Waals surface area contributed by atoms with Crippen LogP contribution in [-0.2, 0) is 37.0 Å². The van der Waals surface area contributed by atoms with Crippen LogP contribution in [0.4, 0.5) is 0 Å². The number of aromatic nitrogens is 4. The molecule has 2 heterocycles. The topological polar surface area (TPSA) is 200 Å². The first-order chi connectivity index (χ1) is 26.9. The number of nitrogens with zero attached hydrogens (tertiary/aromatic N) is 4. The minimum absolute atomic E-state index is 0.000727. The number of ether oxygens (including phenoxy) is 1. The SMILES string of the molecule is CC(C)(C)OC(=O)C[C@@H](CCCC1CCCCC1)c1nc(CNC(=O)C2CC2)no1.O=C(O)C[C@@H](CCCC1CCCCC1)c1nc(CNC(=O)C2CC2)no1. The zero-order valence-corrected chi connectivity index (χ0v) is 34.0. The van der Waals surface area contributed by atoms with Gasteiger partial charge < -0.3 is 29.5 Å². The van der Waals surface area contributed by atoms with Crippen molar-refractivity contribution in [3.63, 3.8) is 0 Å². The van der Waals surface area contributed by atoms with Crippen LogP contribution in [0.1, 0.15) is 197 Å². The molecule has 0 aromatic carbocycles. The van der Waals surface area contributed by atoms with Gasteiger partial charge in [-0.25, -0.2) is 0 Å². The van der Waals surface area contributed by atoms with E-state index in [1.54, 1.807) is 0 Å². The fraction of sp³-hybridized carbons (Fsp3) is 0.810. The highest BCUT2D eigenvalue weighted by Gasteiger charge is 2.31. The van der Waals surface area contributed by atoms with Crippen molar-refractivity contribution in [3.8, 4) is 0 Å². The Hall–Kier alpha value is -3.84. The maximum Gasteiger partial charge on any atom is 0.307 e. The number of nitrogens with one attached hydrogen (secondary N) is 2. The molecule has 4 aliphatic rings. The Morgan fingerprint density at radius 3 is 1.50 bits per heavy atom. The van der Waals surface area contributed by atoms with E-state index < -0.39 is 11.6 Å². The molecule has 0 unspecified atom stereocenters. The van der Waals surface area contributed by atoms with Crippen LogP contribution >= 0.6 is 0 Å². The Kier molecular flexibility index (Phi) is 16.7. The van der Waals surface area contributed by atoms with E-state index in [1.165, 1.54) is 70.6 Å². The molecule has 0 aliphatic heterocycles. The number of aliphatic carboxylic acids is 1. The number of amides is 2. The van der Waals surface area contributed by atoms with Crippen molar-refractivity contribution in [2.45, 2.75) is 193 Å². The second kappa shape index (κ2) is 21.6. The van der Waals surface area contributed by atoms with E-state index in [0.717, 1.165) is 69.6 Å². The summed E-state index contributed by atoms with van der Waals surface area (Å²) in [5, 5.41) is 22.8. The van der Waals surface area contributed by atoms with E-state index in [1.807, 2.05) is 20.8 Å². The lowest BCUT2D eigenvalue weighted by atomic mass is 9.84. The van der Waals surface area contributed by atoms with Crippen LogP contribution in [0.3, 0.4) is 0 Å². The Bertz CT molecular complexity index is 1530. The largest absolute Gasteiger partial charge is 0.481 e. The summed E-state index contributed by atoms with van der Waals surface area (Å²) in [7, 11) is 0. The first kappa shape index (κ1) is 43.3. The molecule has 3 N–H and O–H groups in total. The molecule has 56 heavy (non-hydrogen) atoms. The number of carboxylic acids is 1. The van der Waals surface area contributed by atoms with Gasteiger partial charge in [0.2, 0.25) is 23.6 Å². The van der Waals surface area contributed by atoms with Crippen molar-refractivity contribution >= 4 is 23.8 Å². The molecule has 4 saturated carbocycles. The van der Waals surface area contributed by atoms with Crippen LogP contribution in [0.25, 0.3) is 0 Å². The van der Waals surface area contributed by atoms with Crippen LogP contribution in [0.15, 0.2) is 9.05 Å². The first-order valence-corrected chi connectivity index (χ1v) is 21.6. The van der Waals surface area contributed by atoms with E-state index in [9.17, 15) is 24.3 Å². The molecule has 0 bridgehead atoms. The first-order valence-electron chi connectivity index (χ1n) is 21.6. The fourth-order valence-corrected chi connectivity index (χ4v) is 8.00. The van der Waals surface area contributed by atoms with Gasteiger partial charge in [-0.05, 0) is 71.1 Å². The summed E-state index contributed by atoms with van der Waals surface area (Å²) in [6, 6.07) is 0. The molecule has 312 valence electrons. The molecule has 0 spiro atoms. The number of rotatable bonds is 20. The lowest BCUT2D eigenvalue weighted by Crippen LogP contribution is -2.25. The van der Waals surface area contributed by atoms with Crippen LogP contribution in [0, 0.1) is 23.7 Å². The molecule has 2 atom stereocenters. The van der Waals surface area contributed by atoms with Gasteiger partial charge in [-0.2, -0.15) is 9.97 Å². The summed E-state index contributed by atoms with van der Waals surface area (Å²) < 4.78 is 16.3. The van der Waals surface area contributed by atoms with Gasteiger partial charge in [0.05, 0.1) is 25.9 Å². The summed E-state index contributed by atoms with van der Waals surface area (Å²) in [5.41, 5.74) is -0.517. The van der Waals surface area contributed by atoms with Gasteiger partial charge >= 0.3 is 11.9 Å². The Morgan fingerprint density at radius 1 is 0.679 bits per heavy atom. The standard InChI is InChI=1S/C23H37N3O4.C19H29N3O4/c1-23(2,3)29-20(27)14-18(11-7-10-16-8-5-4-6-9-16)22-25-19(26-30-22)15-24-21(28)17-12-13-17;23-17(24)11-15(8-4-7-13-5-2-1-3-6-13)19-21-16(22-26-19)12-20-18(25)14-9-10-14/h16-18H,4-15H2,1-3H3,(H,24,28);13-15H,1-12H2,(H,20,25)(H,23,24)/t18-;15-/m11/s1. The Labute approximate surface area is 331 Å². The highest BCUT2D eigenvalue weighted by molar-refractivity contribution is 5.81. The lowest BCUT2D eigenvalue weighted by molar-refractivity contribution is -0.155. The van der Waals surface area contributed by atoms with Crippen LogP contribution in [-0.4, -0.2) is 54.7 Å². The number of carboxylic acid groups (broad SMARTS) is 1. The minimum atomic E-state index is -0.852. The molecule has 4 fully saturated rings. The van der Waals surface area contributed by atoms with Gasteiger partial charge in [0.1, 0.15) is 5.60 Å². The number of hydrogen-bond acceptors (Lipinski definition) is 11. The summed E-state index contributed by atoms with van der Waals surface area (Å²) in [6.07, 6.45) is 23.3. The quantitative estimate of drug-likeness (QED) is 0.109. The third kappa shape index (κ3) is 16.0. The van der Waals surface area contributed by atoms with E-state index in [0.29, 0.717) is 23.4 Å². The lowest BCUT2D eigenvalue weighted by Gasteiger charge is -2.23. The zero-order chi connectivity index (χ0) is 39.9. The molecule has 6 rings (SSSR count). The second-order valence-electron chi connectivity index (χ2n) is 17.7. The van der Waals surface area contributed by atoms with E-state index in [4.69, 9.17) is 13.8 Å². The normalized spacial score (nSPS) is 19.0.